The van der Waals surface area contributed by atoms with Crippen molar-refractivity contribution in [2.24, 2.45) is 7.05 Å². The van der Waals surface area contributed by atoms with E-state index in [-0.39, 0.29) is 0 Å². The van der Waals surface area contributed by atoms with Gasteiger partial charge in [-0.15, -0.1) is 0 Å². The summed E-state index contributed by atoms with van der Waals surface area (Å²) in [5.74, 6) is 0. The molecular weight excluding hydrogens is 294 g/mol. The standard InChI is InChI=1S/C9H16BrN3O2S/c1-7-9(8(2)13(3)12-7)16(14,15)11-6-4-5-10/h11H,4-6H2,1-3H3. The summed E-state index contributed by atoms with van der Waals surface area (Å²) in [5, 5.41) is 4.87. The number of halogens is 1. The van der Waals surface area contributed by atoms with E-state index in [9.17, 15) is 8.42 Å². The molecule has 0 aromatic carbocycles. The molecule has 0 atom stereocenters. The predicted octanol–water partition coefficient (Wildman–Crippen LogP) is 1.10. The van der Waals surface area contributed by atoms with Crippen LogP contribution < -0.4 is 4.72 Å². The van der Waals surface area contributed by atoms with Gasteiger partial charge >= 0.3 is 0 Å². The van der Waals surface area contributed by atoms with E-state index in [1.165, 1.54) is 0 Å². The zero-order valence-corrected chi connectivity index (χ0v) is 12.0. The van der Waals surface area contributed by atoms with Gasteiger partial charge in [-0.05, 0) is 20.3 Å². The molecule has 1 aromatic heterocycles. The first-order valence-corrected chi connectivity index (χ1v) is 7.56. The largest absolute Gasteiger partial charge is 0.271 e. The predicted molar refractivity (Wildman–Crippen MR) is 66.3 cm³/mol. The molecular formula is C9H16BrN3O2S. The molecule has 0 saturated carbocycles. The Labute approximate surface area is 104 Å². The average molecular weight is 310 g/mol. The van der Waals surface area contributed by atoms with Crippen LogP contribution in [0, 0.1) is 13.8 Å². The van der Waals surface area contributed by atoms with E-state index < -0.39 is 10.0 Å². The van der Waals surface area contributed by atoms with Crippen LogP contribution in [0.5, 0.6) is 0 Å². The van der Waals surface area contributed by atoms with Crippen molar-refractivity contribution in [1.82, 2.24) is 14.5 Å². The fraction of sp³-hybridized carbons (Fsp3) is 0.667. The lowest BCUT2D eigenvalue weighted by Gasteiger charge is -2.05. The molecule has 0 saturated heterocycles. The van der Waals surface area contributed by atoms with E-state index in [0.717, 1.165) is 11.8 Å². The third kappa shape index (κ3) is 2.83. The Morgan fingerprint density at radius 3 is 2.50 bits per heavy atom. The number of hydrogen-bond donors (Lipinski definition) is 1. The molecule has 0 bridgehead atoms. The van der Waals surface area contributed by atoms with Gasteiger partial charge in [0.2, 0.25) is 10.0 Å². The lowest BCUT2D eigenvalue weighted by Crippen LogP contribution is -2.26. The topological polar surface area (TPSA) is 64.0 Å². The molecule has 0 unspecified atom stereocenters. The molecule has 1 heterocycles. The van der Waals surface area contributed by atoms with Gasteiger partial charge in [-0.3, -0.25) is 4.68 Å². The fourth-order valence-electron chi connectivity index (χ4n) is 1.49. The van der Waals surface area contributed by atoms with Crippen LogP contribution in [-0.2, 0) is 17.1 Å². The van der Waals surface area contributed by atoms with Gasteiger partial charge in [0.25, 0.3) is 0 Å². The smallest absolute Gasteiger partial charge is 0.244 e. The quantitative estimate of drug-likeness (QED) is 0.654. The summed E-state index contributed by atoms with van der Waals surface area (Å²) >= 11 is 3.26. The van der Waals surface area contributed by atoms with Crippen molar-refractivity contribution >= 4 is 26.0 Å². The first-order chi connectivity index (χ1) is 7.40. The molecule has 0 amide bonds. The maximum atomic E-state index is 12.0. The fourth-order valence-corrected chi connectivity index (χ4v) is 3.28. The van der Waals surface area contributed by atoms with Gasteiger partial charge in [0.1, 0.15) is 4.90 Å². The molecule has 0 radical (unpaired) electrons. The number of nitrogens with zero attached hydrogens (tertiary/aromatic N) is 2. The van der Waals surface area contributed by atoms with Crippen LogP contribution in [-0.4, -0.2) is 30.1 Å². The summed E-state index contributed by atoms with van der Waals surface area (Å²) in [4.78, 5) is 0.296. The van der Waals surface area contributed by atoms with Crippen LogP contribution in [0.3, 0.4) is 0 Å². The average Bonchev–Trinajstić information content (AvgIpc) is 2.41. The lowest BCUT2D eigenvalue weighted by molar-refractivity contribution is 0.579. The summed E-state index contributed by atoms with van der Waals surface area (Å²) in [7, 11) is -1.69. The normalized spacial score (nSPS) is 12.0. The molecule has 0 aliphatic rings. The molecule has 7 heteroatoms. The highest BCUT2D eigenvalue weighted by Crippen LogP contribution is 2.17. The van der Waals surface area contributed by atoms with Gasteiger partial charge in [0, 0.05) is 18.9 Å². The monoisotopic (exact) mass is 309 g/mol. The van der Waals surface area contributed by atoms with Gasteiger partial charge in [0.05, 0.1) is 11.4 Å². The maximum Gasteiger partial charge on any atom is 0.244 e. The second kappa shape index (κ2) is 5.29. The number of aromatic nitrogens is 2. The van der Waals surface area contributed by atoms with Gasteiger partial charge in [-0.1, -0.05) is 15.9 Å². The van der Waals surface area contributed by atoms with E-state index in [0.29, 0.717) is 22.8 Å². The summed E-state index contributed by atoms with van der Waals surface area (Å²) in [6, 6.07) is 0. The zero-order valence-electron chi connectivity index (χ0n) is 9.62. The van der Waals surface area contributed by atoms with E-state index in [1.54, 1.807) is 25.6 Å². The minimum atomic E-state index is -3.43. The second-order valence-electron chi connectivity index (χ2n) is 3.56. The SMILES string of the molecule is Cc1nn(C)c(C)c1S(=O)(=O)NCCCBr. The highest BCUT2D eigenvalue weighted by molar-refractivity contribution is 9.09. The van der Waals surface area contributed by atoms with E-state index in [4.69, 9.17) is 0 Å². The van der Waals surface area contributed by atoms with Gasteiger partial charge in [0.15, 0.2) is 0 Å². The molecule has 92 valence electrons. The summed E-state index contributed by atoms with van der Waals surface area (Å²) in [5.41, 5.74) is 1.19. The third-order valence-electron chi connectivity index (χ3n) is 2.31. The van der Waals surface area contributed by atoms with Crippen LogP contribution in [0.2, 0.25) is 0 Å². The number of nitrogens with one attached hydrogen (secondary N) is 1. The Morgan fingerprint density at radius 2 is 2.06 bits per heavy atom. The Balaban J connectivity index is 2.98. The molecule has 0 aliphatic heterocycles. The molecule has 0 fully saturated rings. The van der Waals surface area contributed by atoms with Crippen molar-refractivity contribution in [3.8, 4) is 0 Å². The number of sulfonamides is 1. The van der Waals surface area contributed by atoms with Crippen molar-refractivity contribution in [2.45, 2.75) is 25.2 Å². The molecule has 1 rings (SSSR count). The Bertz CT molecular complexity index is 467. The van der Waals surface area contributed by atoms with Gasteiger partial charge in [-0.25, -0.2) is 13.1 Å². The molecule has 16 heavy (non-hydrogen) atoms. The van der Waals surface area contributed by atoms with E-state index in [1.807, 2.05) is 0 Å². The molecule has 5 nitrogen and oxygen atoms in total. The summed E-state index contributed by atoms with van der Waals surface area (Å²) < 4.78 is 28.1. The number of rotatable bonds is 5. The number of alkyl halides is 1. The Hall–Kier alpha value is -0.400. The van der Waals surface area contributed by atoms with Crippen LogP contribution in [0.4, 0.5) is 0 Å². The lowest BCUT2D eigenvalue weighted by atomic mass is 10.4. The molecule has 0 spiro atoms. The van der Waals surface area contributed by atoms with Crippen LogP contribution in [0.15, 0.2) is 4.90 Å². The van der Waals surface area contributed by atoms with Crippen LogP contribution in [0.1, 0.15) is 17.8 Å². The van der Waals surface area contributed by atoms with E-state index >= 15 is 0 Å². The highest BCUT2D eigenvalue weighted by atomic mass is 79.9. The molecule has 1 aromatic rings. The van der Waals surface area contributed by atoms with Crippen molar-refractivity contribution in [1.29, 1.82) is 0 Å². The number of aryl methyl sites for hydroxylation is 2. The Morgan fingerprint density at radius 1 is 1.44 bits per heavy atom. The minimum absolute atomic E-state index is 0.296. The first kappa shape index (κ1) is 13.7. The minimum Gasteiger partial charge on any atom is -0.271 e. The van der Waals surface area contributed by atoms with Crippen LogP contribution >= 0.6 is 15.9 Å². The summed E-state index contributed by atoms with van der Waals surface area (Å²) in [6.07, 6.45) is 0.761. The first-order valence-electron chi connectivity index (χ1n) is 4.96. The van der Waals surface area contributed by atoms with Gasteiger partial charge < -0.3 is 0 Å². The Kier molecular flexibility index (Phi) is 4.52. The van der Waals surface area contributed by atoms with Crippen molar-refractivity contribution in [3.63, 3.8) is 0 Å². The van der Waals surface area contributed by atoms with Crippen molar-refractivity contribution in [3.05, 3.63) is 11.4 Å². The molecule has 1 N–H and O–H groups in total. The zero-order chi connectivity index (χ0) is 12.3. The highest BCUT2D eigenvalue weighted by Gasteiger charge is 2.22. The summed E-state index contributed by atoms with van der Waals surface area (Å²) in [6.45, 7) is 3.88. The van der Waals surface area contributed by atoms with E-state index in [2.05, 4.69) is 25.8 Å². The maximum absolute atomic E-state index is 12.0. The van der Waals surface area contributed by atoms with Crippen molar-refractivity contribution in [2.75, 3.05) is 11.9 Å². The van der Waals surface area contributed by atoms with Gasteiger partial charge in [-0.2, -0.15) is 5.10 Å². The number of hydrogen-bond acceptors (Lipinski definition) is 3. The molecule has 0 aliphatic carbocycles. The second-order valence-corrected chi connectivity index (χ2v) is 6.06. The van der Waals surface area contributed by atoms with Crippen molar-refractivity contribution < 1.29 is 8.42 Å². The van der Waals surface area contributed by atoms with Crippen LogP contribution in [0.25, 0.3) is 0 Å². The third-order valence-corrected chi connectivity index (χ3v) is 4.59.